The largest absolute Gasteiger partial charge is 0.488 e. The number of amides is 3. The van der Waals surface area contributed by atoms with Gasteiger partial charge in [0.2, 0.25) is 0 Å². The molecule has 0 saturated carbocycles. The molecule has 2 fully saturated rings. The van der Waals surface area contributed by atoms with Crippen LogP contribution in [0.5, 0.6) is 0 Å². The van der Waals surface area contributed by atoms with Crippen molar-refractivity contribution >= 4 is 35.2 Å². The van der Waals surface area contributed by atoms with Gasteiger partial charge in [-0.05, 0) is 36.2 Å². The van der Waals surface area contributed by atoms with Crippen LogP contribution in [0.25, 0.3) is 0 Å². The van der Waals surface area contributed by atoms with E-state index in [0.717, 1.165) is 22.6 Å². The van der Waals surface area contributed by atoms with Gasteiger partial charge in [0.05, 0.1) is 25.0 Å². The van der Waals surface area contributed by atoms with E-state index in [1.54, 1.807) is 6.92 Å². The Labute approximate surface area is 280 Å². The lowest BCUT2D eigenvalue weighted by Crippen LogP contribution is -2.52. The summed E-state index contributed by atoms with van der Waals surface area (Å²) in [5.74, 6) is -1.10. The number of benzene rings is 2. The van der Waals surface area contributed by atoms with Crippen LogP contribution in [-0.2, 0) is 47.5 Å². The number of hydrogen-bond acceptors (Lipinski definition) is 11. The van der Waals surface area contributed by atoms with Crippen LogP contribution < -0.4 is 10.6 Å². The minimum absolute atomic E-state index is 0.0723. The van der Waals surface area contributed by atoms with Crippen LogP contribution in [0.4, 0.5) is 9.18 Å². The molecule has 2 aromatic carbocycles. The summed E-state index contributed by atoms with van der Waals surface area (Å²) in [6.07, 6.45) is -3.60. The van der Waals surface area contributed by atoms with E-state index in [2.05, 4.69) is 19.3 Å². The Morgan fingerprint density at radius 1 is 1.00 bits per heavy atom. The number of carbonyl (C=O) groups excluding carboxylic acids is 2. The lowest BCUT2D eigenvalue weighted by molar-refractivity contribution is -0.153. The first-order valence-corrected chi connectivity index (χ1v) is 19.8. The van der Waals surface area contributed by atoms with Crippen LogP contribution in [0.2, 0.25) is 0 Å². The van der Waals surface area contributed by atoms with Crippen molar-refractivity contribution in [3.8, 4) is 0 Å². The topological polar surface area (TPSA) is 229 Å². The predicted molar refractivity (Wildman–Crippen MR) is 167 cm³/mol. The van der Waals surface area contributed by atoms with Gasteiger partial charge in [-0.25, -0.2) is 22.6 Å². The normalized spacial score (nSPS) is 27.3. The number of fused-ring (bicyclic) bond motifs is 1. The van der Waals surface area contributed by atoms with Crippen molar-refractivity contribution in [2.75, 3.05) is 19.3 Å². The lowest BCUT2D eigenvalue weighted by atomic mass is 10.1. The molecule has 2 aromatic rings. The molecule has 3 aliphatic rings. The van der Waals surface area contributed by atoms with E-state index in [0.29, 0.717) is 6.42 Å². The van der Waals surface area contributed by atoms with Gasteiger partial charge in [-0.2, -0.15) is 4.31 Å². The van der Waals surface area contributed by atoms with E-state index in [1.807, 2.05) is 30.3 Å². The quantitative estimate of drug-likeness (QED) is 0.164. The highest BCUT2D eigenvalue weighted by molar-refractivity contribution is 7.68. The van der Waals surface area contributed by atoms with Crippen molar-refractivity contribution < 1.29 is 69.7 Å². The van der Waals surface area contributed by atoms with Crippen LogP contribution >= 0.6 is 23.2 Å². The monoisotopic (exact) mass is 749 g/mol. The summed E-state index contributed by atoms with van der Waals surface area (Å²) in [5, 5.41) is 5.24. The average molecular weight is 750 g/mol. The maximum atomic E-state index is 13.3. The van der Waals surface area contributed by atoms with Gasteiger partial charge in [-0.3, -0.25) is 18.8 Å². The van der Waals surface area contributed by atoms with Crippen molar-refractivity contribution in [2.45, 2.75) is 57.0 Å². The molecule has 17 nitrogen and oxygen atoms in total. The zero-order valence-electron chi connectivity index (χ0n) is 25.9. The first-order valence-electron chi connectivity index (χ1n) is 15.0. The second kappa shape index (κ2) is 15.6. The van der Waals surface area contributed by atoms with Gasteiger partial charge in [0.15, 0.2) is 12.5 Å². The SMILES string of the molecule is CCCCP(=O)(O)OP(=O)(O)OP(=O)(O)OC[C@H]1O[C@@H](N2C=C(NC(=O)c3ccc(F)cc3)CNC2=O)[C@H]2OC(Cc3ccccc3)O[C@H]21. The Morgan fingerprint density at radius 2 is 1.69 bits per heavy atom. The second-order valence-corrected chi connectivity index (χ2v) is 16.3. The van der Waals surface area contributed by atoms with E-state index >= 15 is 0 Å². The van der Waals surface area contributed by atoms with Gasteiger partial charge < -0.3 is 39.5 Å². The third-order valence-corrected chi connectivity index (χ3v) is 12.2. The lowest BCUT2D eigenvalue weighted by Gasteiger charge is -2.32. The Balaban J connectivity index is 1.31. The molecule has 3 amide bonds. The third-order valence-electron chi connectivity index (χ3n) is 7.40. The van der Waals surface area contributed by atoms with Crippen LogP contribution in [0.3, 0.4) is 0 Å². The number of phosphoric acid groups is 2. The third kappa shape index (κ3) is 10.1. The zero-order valence-corrected chi connectivity index (χ0v) is 28.6. The van der Waals surface area contributed by atoms with E-state index in [1.165, 1.54) is 18.3 Å². The number of urea groups is 1. The predicted octanol–water partition coefficient (Wildman–Crippen LogP) is 3.74. The molecule has 49 heavy (non-hydrogen) atoms. The Morgan fingerprint density at radius 3 is 2.39 bits per heavy atom. The first kappa shape index (κ1) is 37.4. The minimum atomic E-state index is -5.56. The zero-order chi connectivity index (χ0) is 35.4. The number of nitrogens with zero attached hydrogens (tertiary/aromatic N) is 1. The van der Waals surface area contributed by atoms with Crippen LogP contribution in [-0.4, -0.2) is 81.7 Å². The molecule has 5 N–H and O–H groups in total. The maximum Gasteiger partial charge on any atom is 0.488 e. The van der Waals surface area contributed by atoms with Crippen molar-refractivity contribution in [3.63, 3.8) is 0 Å². The fourth-order valence-corrected chi connectivity index (χ4v) is 9.46. The van der Waals surface area contributed by atoms with Crippen molar-refractivity contribution in [1.82, 2.24) is 15.5 Å². The summed E-state index contributed by atoms with van der Waals surface area (Å²) in [6, 6.07) is 13.3. The maximum absolute atomic E-state index is 13.3. The van der Waals surface area contributed by atoms with Crippen LogP contribution in [0.1, 0.15) is 35.7 Å². The highest BCUT2D eigenvalue weighted by Crippen LogP contribution is 2.67. The van der Waals surface area contributed by atoms with E-state index in [4.69, 9.17) is 18.7 Å². The van der Waals surface area contributed by atoms with Crippen molar-refractivity contribution in [2.24, 2.45) is 0 Å². The summed E-state index contributed by atoms with van der Waals surface area (Å²) in [5.41, 5.74) is 1.25. The van der Waals surface area contributed by atoms with Crippen LogP contribution in [0.15, 0.2) is 66.5 Å². The fourth-order valence-electron chi connectivity index (χ4n) is 5.18. The molecule has 4 unspecified atom stereocenters. The number of halogens is 1. The van der Waals surface area contributed by atoms with Gasteiger partial charge in [0, 0.05) is 18.2 Å². The average Bonchev–Trinajstić information content (AvgIpc) is 3.58. The standard InChI is InChI=1S/C28H35FN3O14P3/c1-2-3-13-47(35,36)45-49(39,40)46-48(37,38)41-17-22-24-25(44-23(43-24)14-18-7-5-4-6-8-18)27(42-22)32-16-21(15-30-28(32)34)31-26(33)19-9-11-20(29)12-10-19/h4-12,16,22-25,27H,2-3,13-15,17H2,1H3,(H,30,34)(H,31,33)(H,35,36)(H,37,38)(H,39,40)/t22-,23?,24+,25+,27-/m1/s1. The van der Waals surface area contributed by atoms with Crippen LogP contribution in [0, 0.1) is 5.82 Å². The fraction of sp³-hybridized carbons (Fsp3) is 0.429. The highest BCUT2D eigenvalue weighted by atomic mass is 31.3. The molecule has 268 valence electrons. The number of nitrogens with one attached hydrogen (secondary N) is 2. The van der Waals surface area contributed by atoms with Crippen molar-refractivity contribution in [1.29, 1.82) is 0 Å². The Bertz CT molecular complexity index is 1680. The second-order valence-electron chi connectivity index (χ2n) is 11.2. The van der Waals surface area contributed by atoms with Crippen molar-refractivity contribution in [3.05, 3.63) is 83.4 Å². The molecule has 0 aliphatic carbocycles. The molecular formula is C28H35FN3O14P3. The van der Waals surface area contributed by atoms with Gasteiger partial charge in [-0.1, -0.05) is 43.7 Å². The Kier molecular flexibility index (Phi) is 11.9. The molecular weight excluding hydrogens is 714 g/mol. The summed E-state index contributed by atoms with van der Waals surface area (Å²) in [6.45, 7) is 0.832. The molecule has 21 heteroatoms. The van der Waals surface area contributed by atoms with Gasteiger partial charge >= 0.3 is 29.3 Å². The molecule has 3 aliphatic heterocycles. The molecule has 2 saturated heterocycles. The van der Waals surface area contributed by atoms with Gasteiger partial charge in [0.25, 0.3) is 5.91 Å². The van der Waals surface area contributed by atoms with E-state index < -0.39 is 84.6 Å². The summed E-state index contributed by atoms with van der Waals surface area (Å²) >= 11 is 0. The Hall–Kier alpha value is -2.82. The highest BCUT2D eigenvalue weighted by Gasteiger charge is 2.56. The first-order chi connectivity index (χ1) is 23.1. The minimum Gasteiger partial charge on any atom is -0.346 e. The number of rotatable bonds is 15. The van der Waals surface area contributed by atoms with Gasteiger partial charge in [0.1, 0.15) is 24.1 Å². The molecule has 0 bridgehead atoms. The molecule has 0 spiro atoms. The molecule has 0 aromatic heterocycles. The molecule has 0 radical (unpaired) electrons. The summed E-state index contributed by atoms with van der Waals surface area (Å²) in [7, 11) is -15.6. The smallest absolute Gasteiger partial charge is 0.346 e. The number of ether oxygens (including phenoxy) is 3. The summed E-state index contributed by atoms with van der Waals surface area (Å²) < 4.78 is 82.0. The molecule has 3 heterocycles. The number of carbonyl (C=O) groups is 2. The van der Waals surface area contributed by atoms with E-state index in [9.17, 15) is 42.4 Å². The number of hydrogen-bond donors (Lipinski definition) is 5. The molecule has 5 rings (SSSR count). The number of phosphoric ester groups is 1. The molecule has 8 atom stereocenters. The summed E-state index contributed by atoms with van der Waals surface area (Å²) in [4.78, 5) is 56.8. The van der Waals surface area contributed by atoms with Gasteiger partial charge in [-0.15, -0.1) is 0 Å². The number of unbranched alkanes of at least 4 members (excludes halogenated alkanes) is 1. The van der Waals surface area contributed by atoms with E-state index in [-0.39, 0.29) is 30.6 Å².